The van der Waals surface area contributed by atoms with E-state index in [1.807, 2.05) is 49.5 Å². The Bertz CT molecular complexity index is 621. The van der Waals surface area contributed by atoms with Crippen LogP contribution in [0.1, 0.15) is 29.7 Å². The van der Waals surface area contributed by atoms with Crippen LogP contribution in [0.4, 0.5) is 0 Å². The number of nitrogens with zero attached hydrogens (tertiary/aromatic N) is 3. The lowest BCUT2D eigenvalue weighted by molar-refractivity contribution is -0.143. The summed E-state index contributed by atoms with van der Waals surface area (Å²) in [6.45, 7) is 2.61. The highest BCUT2D eigenvalue weighted by Crippen LogP contribution is 2.22. The van der Waals surface area contributed by atoms with Gasteiger partial charge >= 0.3 is 5.97 Å². The number of benzene rings is 1. The van der Waals surface area contributed by atoms with Gasteiger partial charge in [0, 0.05) is 25.4 Å². The van der Waals surface area contributed by atoms with Gasteiger partial charge in [0.1, 0.15) is 6.04 Å². The summed E-state index contributed by atoms with van der Waals surface area (Å²) in [6.07, 6.45) is 4.56. The van der Waals surface area contributed by atoms with E-state index < -0.39 is 12.0 Å². The second-order valence-electron chi connectivity index (χ2n) is 5.28. The number of hydrogen-bond acceptors (Lipinski definition) is 3. The summed E-state index contributed by atoms with van der Waals surface area (Å²) < 4.78 is 1.72. The van der Waals surface area contributed by atoms with Crippen LogP contribution in [-0.2, 0) is 24.8 Å². The van der Waals surface area contributed by atoms with E-state index in [4.69, 9.17) is 0 Å². The van der Waals surface area contributed by atoms with E-state index in [1.54, 1.807) is 10.9 Å². The Hall–Kier alpha value is -2.14. The normalized spacial score (nSPS) is 12.6. The fourth-order valence-electron chi connectivity index (χ4n) is 2.50. The van der Waals surface area contributed by atoms with Crippen molar-refractivity contribution >= 4 is 5.97 Å². The molecule has 5 heteroatoms. The van der Waals surface area contributed by atoms with Crippen molar-refractivity contribution in [2.45, 2.75) is 25.9 Å². The molecule has 0 spiro atoms. The van der Waals surface area contributed by atoms with Crippen molar-refractivity contribution in [2.75, 3.05) is 7.05 Å². The molecule has 2 rings (SSSR count). The number of rotatable bonds is 6. The van der Waals surface area contributed by atoms with Crippen LogP contribution >= 0.6 is 0 Å². The number of carbonyl (C=O) groups is 1. The zero-order valence-electron chi connectivity index (χ0n) is 12.7. The zero-order valence-corrected chi connectivity index (χ0v) is 12.7. The third-order valence-electron chi connectivity index (χ3n) is 3.54. The summed E-state index contributed by atoms with van der Waals surface area (Å²) in [4.78, 5) is 13.5. The summed E-state index contributed by atoms with van der Waals surface area (Å²) in [7, 11) is 3.67. The van der Waals surface area contributed by atoms with Crippen molar-refractivity contribution in [2.24, 2.45) is 7.05 Å². The molecule has 0 aliphatic carbocycles. The number of aromatic nitrogens is 2. The topological polar surface area (TPSA) is 58.4 Å². The highest BCUT2D eigenvalue weighted by molar-refractivity contribution is 5.75. The van der Waals surface area contributed by atoms with Crippen LogP contribution in [0.2, 0.25) is 0 Å². The van der Waals surface area contributed by atoms with Crippen LogP contribution in [0.3, 0.4) is 0 Å². The Morgan fingerprint density at radius 2 is 2.19 bits per heavy atom. The number of likely N-dealkylation sites (N-methyl/N-ethyl adjacent to an activating group) is 1. The minimum Gasteiger partial charge on any atom is -0.480 e. The molecule has 5 nitrogen and oxygen atoms in total. The fraction of sp³-hybridized carbons (Fsp3) is 0.375. The zero-order chi connectivity index (χ0) is 15.4. The lowest BCUT2D eigenvalue weighted by atomic mass is 10.0. The Balaban J connectivity index is 2.23. The predicted molar refractivity (Wildman–Crippen MR) is 80.9 cm³/mol. The quantitative estimate of drug-likeness (QED) is 0.885. The second kappa shape index (κ2) is 6.54. The maximum Gasteiger partial charge on any atom is 0.325 e. The van der Waals surface area contributed by atoms with Crippen LogP contribution in [0.15, 0.2) is 36.7 Å². The molecule has 1 heterocycles. The number of aryl methyl sites for hydroxylation is 2. The van der Waals surface area contributed by atoms with E-state index >= 15 is 0 Å². The molecular formula is C16H21N3O2. The van der Waals surface area contributed by atoms with E-state index in [0.29, 0.717) is 6.54 Å². The Morgan fingerprint density at radius 1 is 1.43 bits per heavy atom. The number of carboxylic acids is 1. The van der Waals surface area contributed by atoms with E-state index in [-0.39, 0.29) is 0 Å². The van der Waals surface area contributed by atoms with Crippen LogP contribution in [0.5, 0.6) is 0 Å². The number of carboxylic acid groups (broad SMARTS) is 1. The van der Waals surface area contributed by atoms with E-state index in [9.17, 15) is 9.90 Å². The summed E-state index contributed by atoms with van der Waals surface area (Å²) in [6, 6.07) is 7.12. The molecule has 0 amide bonds. The first-order valence-electron chi connectivity index (χ1n) is 7.00. The van der Waals surface area contributed by atoms with Crippen molar-refractivity contribution in [1.29, 1.82) is 0 Å². The summed E-state index contributed by atoms with van der Waals surface area (Å²) in [5, 5.41) is 13.7. The van der Waals surface area contributed by atoms with Crippen molar-refractivity contribution < 1.29 is 9.90 Å². The maximum absolute atomic E-state index is 11.7. The number of hydrogen-bond donors (Lipinski definition) is 1. The van der Waals surface area contributed by atoms with Gasteiger partial charge in [-0.3, -0.25) is 14.4 Å². The van der Waals surface area contributed by atoms with Gasteiger partial charge in [0.2, 0.25) is 0 Å². The molecule has 21 heavy (non-hydrogen) atoms. The molecule has 0 radical (unpaired) electrons. The SMILES string of the molecule is CCc1cccc(C(C(=O)O)N(C)Cc2cnn(C)c2)c1. The lowest BCUT2D eigenvalue weighted by Gasteiger charge is -2.24. The van der Waals surface area contributed by atoms with Crippen LogP contribution in [-0.4, -0.2) is 32.8 Å². The molecular weight excluding hydrogens is 266 g/mol. The summed E-state index contributed by atoms with van der Waals surface area (Å²) in [5.74, 6) is -0.838. The van der Waals surface area contributed by atoms with Crippen LogP contribution < -0.4 is 0 Å². The molecule has 0 fully saturated rings. The molecule has 1 N–H and O–H groups in total. The lowest BCUT2D eigenvalue weighted by Crippen LogP contribution is -2.30. The highest BCUT2D eigenvalue weighted by atomic mass is 16.4. The van der Waals surface area contributed by atoms with E-state index in [2.05, 4.69) is 12.0 Å². The number of aliphatic carboxylic acids is 1. The largest absolute Gasteiger partial charge is 0.480 e. The highest BCUT2D eigenvalue weighted by Gasteiger charge is 2.25. The Morgan fingerprint density at radius 3 is 2.76 bits per heavy atom. The summed E-state index contributed by atoms with van der Waals surface area (Å²) in [5.41, 5.74) is 2.96. The minimum atomic E-state index is -0.838. The van der Waals surface area contributed by atoms with Crippen molar-refractivity contribution in [1.82, 2.24) is 14.7 Å². The van der Waals surface area contributed by atoms with Gasteiger partial charge in [0.15, 0.2) is 0 Å². The molecule has 1 aromatic heterocycles. The minimum absolute atomic E-state index is 0.543. The van der Waals surface area contributed by atoms with Gasteiger partial charge in [0.25, 0.3) is 0 Å². The monoisotopic (exact) mass is 287 g/mol. The van der Waals surface area contributed by atoms with Gasteiger partial charge in [-0.1, -0.05) is 31.2 Å². The van der Waals surface area contributed by atoms with Crippen molar-refractivity contribution in [3.63, 3.8) is 0 Å². The molecule has 1 unspecified atom stereocenters. The summed E-state index contributed by atoms with van der Waals surface area (Å²) >= 11 is 0. The first kappa shape index (κ1) is 15.3. The van der Waals surface area contributed by atoms with Gasteiger partial charge in [-0.25, -0.2) is 0 Å². The third kappa shape index (κ3) is 3.70. The standard InChI is InChI=1S/C16H21N3O2/c1-4-12-6-5-7-14(8-12)15(16(20)21)18(2)10-13-9-17-19(3)11-13/h5-9,11,15H,4,10H2,1-3H3,(H,20,21). The van der Waals surface area contributed by atoms with Crippen molar-refractivity contribution in [3.05, 3.63) is 53.3 Å². The molecule has 0 saturated heterocycles. The van der Waals surface area contributed by atoms with E-state index in [0.717, 1.165) is 23.1 Å². The smallest absolute Gasteiger partial charge is 0.325 e. The average Bonchev–Trinajstić information content (AvgIpc) is 2.84. The molecule has 1 atom stereocenters. The third-order valence-corrected chi connectivity index (χ3v) is 3.54. The molecule has 0 aliphatic rings. The Labute approximate surface area is 124 Å². The predicted octanol–water partition coefficient (Wildman–Crippen LogP) is 2.24. The van der Waals surface area contributed by atoms with Gasteiger partial charge < -0.3 is 5.11 Å². The maximum atomic E-state index is 11.7. The van der Waals surface area contributed by atoms with Crippen molar-refractivity contribution in [3.8, 4) is 0 Å². The first-order chi connectivity index (χ1) is 10.0. The first-order valence-corrected chi connectivity index (χ1v) is 7.00. The molecule has 1 aromatic carbocycles. The van der Waals surface area contributed by atoms with Gasteiger partial charge in [-0.05, 0) is 24.6 Å². The average molecular weight is 287 g/mol. The van der Waals surface area contributed by atoms with E-state index in [1.165, 1.54) is 0 Å². The molecule has 2 aromatic rings. The van der Waals surface area contributed by atoms with Gasteiger partial charge in [0.05, 0.1) is 6.20 Å². The molecule has 112 valence electrons. The fourth-order valence-corrected chi connectivity index (χ4v) is 2.50. The Kier molecular flexibility index (Phi) is 4.75. The van der Waals surface area contributed by atoms with Crippen LogP contribution in [0, 0.1) is 0 Å². The second-order valence-corrected chi connectivity index (χ2v) is 5.28. The van der Waals surface area contributed by atoms with Gasteiger partial charge in [-0.2, -0.15) is 5.10 Å². The molecule has 0 bridgehead atoms. The van der Waals surface area contributed by atoms with Crippen LogP contribution in [0.25, 0.3) is 0 Å². The van der Waals surface area contributed by atoms with Gasteiger partial charge in [-0.15, -0.1) is 0 Å². The molecule has 0 saturated carbocycles. The molecule has 0 aliphatic heterocycles.